The molecule has 0 saturated carbocycles. The van der Waals surface area contributed by atoms with Crippen LogP contribution in [0.5, 0.6) is 0 Å². The lowest BCUT2D eigenvalue weighted by Gasteiger charge is -2.17. The highest BCUT2D eigenvalue weighted by atomic mass is 35.5. The third kappa shape index (κ3) is 5.39. The first-order valence-corrected chi connectivity index (χ1v) is 11.6. The van der Waals surface area contributed by atoms with Crippen LogP contribution in [-0.4, -0.2) is 18.8 Å². The average Bonchev–Trinajstić information content (AvgIpc) is 2.76. The number of allylic oxidation sites excluding steroid dienone is 1. The van der Waals surface area contributed by atoms with Crippen LogP contribution in [-0.2, 0) is 0 Å². The standard InChI is InChI=1S/C25H24Cl2N2S/c1-3-6-20(18-9-10-23(26)24(27)14-18)16-29-11-12-30-25-17(2)22-8-5-4-7-19(22)13-21(25)15-28/h3-5,7-10,13-14,20,29H,1,6,11-12,16H2,2H3/t20-/m1/s1. The molecule has 0 aliphatic heterocycles. The van der Waals surface area contributed by atoms with Crippen LogP contribution in [0.15, 0.2) is 66.1 Å². The number of halogens is 2. The van der Waals surface area contributed by atoms with Crippen LogP contribution in [0.3, 0.4) is 0 Å². The molecule has 0 aliphatic carbocycles. The number of hydrogen-bond acceptors (Lipinski definition) is 3. The molecule has 0 amide bonds. The summed E-state index contributed by atoms with van der Waals surface area (Å²) in [7, 11) is 0. The number of thioether (sulfide) groups is 1. The Kier molecular flexibility index (Phi) is 8.24. The molecular formula is C25H24Cl2N2S. The second-order valence-corrected chi connectivity index (χ2v) is 9.08. The lowest BCUT2D eigenvalue weighted by atomic mass is 9.95. The molecule has 0 spiro atoms. The van der Waals surface area contributed by atoms with Gasteiger partial charge in [-0.3, -0.25) is 0 Å². The first kappa shape index (κ1) is 22.7. The quantitative estimate of drug-likeness (QED) is 0.208. The predicted molar refractivity (Wildman–Crippen MR) is 131 cm³/mol. The summed E-state index contributed by atoms with van der Waals surface area (Å²) in [6.07, 6.45) is 2.79. The fourth-order valence-electron chi connectivity index (χ4n) is 3.59. The molecule has 0 radical (unpaired) electrons. The summed E-state index contributed by atoms with van der Waals surface area (Å²) in [4.78, 5) is 1.07. The topological polar surface area (TPSA) is 35.8 Å². The van der Waals surface area contributed by atoms with E-state index in [2.05, 4.69) is 37.0 Å². The van der Waals surface area contributed by atoms with Crippen LogP contribution >= 0.6 is 35.0 Å². The number of benzene rings is 3. The third-order valence-corrected chi connectivity index (χ3v) is 7.11. The van der Waals surface area contributed by atoms with Crippen molar-refractivity contribution in [2.45, 2.75) is 24.2 Å². The summed E-state index contributed by atoms with van der Waals surface area (Å²) < 4.78 is 0. The Labute approximate surface area is 192 Å². The molecule has 3 aromatic carbocycles. The van der Waals surface area contributed by atoms with Crippen LogP contribution < -0.4 is 5.32 Å². The van der Waals surface area contributed by atoms with Crippen LogP contribution in [0.1, 0.15) is 29.0 Å². The molecule has 5 heteroatoms. The molecule has 0 aromatic heterocycles. The van der Waals surface area contributed by atoms with Crippen molar-refractivity contribution in [3.8, 4) is 6.07 Å². The van der Waals surface area contributed by atoms with Crippen molar-refractivity contribution in [1.29, 1.82) is 5.26 Å². The van der Waals surface area contributed by atoms with Crippen molar-refractivity contribution in [3.63, 3.8) is 0 Å². The number of rotatable bonds is 9. The van der Waals surface area contributed by atoms with E-state index in [1.54, 1.807) is 11.8 Å². The van der Waals surface area contributed by atoms with Crippen molar-refractivity contribution in [2.75, 3.05) is 18.8 Å². The van der Waals surface area contributed by atoms with Gasteiger partial charge in [0.2, 0.25) is 0 Å². The molecule has 0 heterocycles. The Morgan fingerprint density at radius 1 is 1.17 bits per heavy atom. The Morgan fingerprint density at radius 2 is 1.97 bits per heavy atom. The van der Waals surface area contributed by atoms with E-state index in [1.165, 1.54) is 10.9 Å². The second-order valence-electron chi connectivity index (χ2n) is 7.16. The molecule has 0 aliphatic rings. The minimum atomic E-state index is 0.291. The minimum absolute atomic E-state index is 0.291. The van der Waals surface area contributed by atoms with E-state index in [4.69, 9.17) is 23.2 Å². The SMILES string of the molecule is C=CC[C@H](CNCCSc1c(C#N)cc2ccccc2c1C)c1ccc(Cl)c(Cl)c1. The van der Waals surface area contributed by atoms with E-state index in [9.17, 15) is 5.26 Å². The van der Waals surface area contributed by atoms with Gasteiger partial charge in [0, 0.05) is 23.7 Å². The van der Waals surface area contributed by atoms with Gasteiger partial charge in [-0.1, -0.05) is 59.6 Å². The Bertz CT molecular complexity index is 1090. The number of nitriles is 1. The van der Waals surface area contributed by atoms with Gasteiger partial charge in [-0.15, -0.1) is 18.3 Å². The molecule has 1 atom stereocenters. The van der Waals surface area contributed by atoms with Gasteiger partial charge in [-0.2, -0.15) is 5.26 Å². The van der Waals surface area contributed by atoms with Crippen molar-refractivity contribution >= 4 is 45.7 Å². The van der Waals surface area contributed by atoms with Gasteiger partial charge in [0.15, 0.2) is 0 Å². The number of fused-ring (bicyclic) bond motifs is 1. The van der Waals surface area contributed by atoms with Crippen LogP contribution in [0.2, 0.25) is 10.0 Å². The molecule has 1 N–H and O–H groups in total. The van der Waals surface area contributed by atoms with Gasteiger partial charge in [0.1, 0.15) is 6.07 Å². The number of nitrogens with one attached hydrogen (secondary N) is 1. The van der Waals surface area contributed by atoms with Crippen LogP contribution in [0, 0.1) is 18.3 Å². The monoisotopic (exact) mass is 454 g/mol. The summed E-state index contributed by atoms with van der Waals surface area (Å²) in [6, 6.07) is 18.4. The van der Waals surface area contributed by atoms with Crippen LogP contribution in [0.25, 0.3) is 10.8 Å². The summed E-state index contributed by atoms with van der Waals surface area (Å²) in [5.41, 5.74) is 3.08. The van der Waals surface area contributed by atoms with Gasteiger partial charge in [-0.25, -0.2) is 0 Å². The average molecular weight is 455 g/mol. The van der Waals surface area contributed by atoms with E-state index in [0.29, 0.717) is 16.0 Å². The van der Waals surface area contributed by atoms with Gasteiger partial charge < -0.3 is 5.32 Å². The van der Waals surface area contributed by atoms with E-state index in [0.717, 1.165) is 46.7 Å². The minimum Gasteiger partial charge on any atom is -0.315 e. The van der Waals surface area contributed by atoms with Gasteiger partial charge in [-0.05, 0) is 59.4 Å². The number of aryl methyl sites for hydroxylation is 1. The normalized spacial score (nSPS) is 11.9. The van der Waals surface area contributed by atoms with Gasteiger partial charge >= 0.3 is 0 Å². The maximum absolute atomic E-state index is 9.60. The van der Waals surface area contributed by atoms with Crippen molar-refractivity contribution in [3.05, 3.63) is 87.9 Å². The third-order valence-electron chi connectivity index (χ3n) is 5.15. The fraction of sp³-hybridized carbons (Fsp3) is 0.240. The smallest absolute Gasteiger partial charge is 0.100 e. The molecular weight excluding hydrogens is 431 g/mol. The lowest BCUT2D eigenvalue weighted by molar-refractivity contribution is 0.605. The fourth-order valence-corrected chi connectivity index (χ4v) is 4.93. The number of nitrogens with zero attached hydrogens (tertiary/aromatic N) is 1. The van der Waals surface area contributed by atoms with E-state index < -0.39 is 0 Å². The molecule has 0 unspecified atom stereocenters. The zero-order chi connectivity index (χ0) is 21.5. The van der Waals surface area contributed by atoms with E-state index in [1.807, 2.05) is 42.5 Å². The van der Waals surface area contributed by atoms with Crippen molar-refractivity contribution in [2.24, 2.45) is 0 Å². The number of hydrogen-bond donors (Lipinski definition) is 1. The van der Waals surface area contributed by atoms with E-state index >= 15 is 0 Å². The molecule has 0 bridgehead atoms. The highest BCUT2D eigenvalue weighted by Crippen LogP contribution is 2.32. The molecule has 0 fully saturated rings. The molecule has 30 heavy (non-hydrogen) atoms. The van der Waals surface area contributed by atoms with Crippen LogP contribution in [0.4, 0.5) is 0 Å². The maximum Gasteiger partial charge on any atom is 0.100 e. The first-order chi connectivity index (χ1) is 14.5. The largest absolute Gasteiger partial charge is 0.315 e. The molecule has 0 saturated heterocycles. The molecule has 3 aromatic rings. The summed E-state index contributed by atoms with van der Waals surface area (Å²) in [5.74, 6) is 1.18. The maximum atomic E-state index is 9.60. The first-order valence-electron chi connectivity index (χ1n) is 9.87. The molecule has 3 rings (SSSR count). The second kappa shape index (κ2) is 10.9. The molecule has 154 valence electrons. The highest BCUT2D eigenvalue weighted by molar-refractivity contribution is 7.99. The summed E-state index contributed by atoms with van der Waals surface area (Å²) in [5, 5.41) is 16.6. The highest BCUT2D eigenvalue weighted by Gasteiger charge is 2.13. The zero-order valence-corrected chi connectivity index (χ0v) is 19.2. The summed E-state index contributed by atoms with van der Waals surface area (Å²) >= 11 is 14.0. The Balaban J connectivity index is 1.61. The van der Waals surface area contributed by atoms with Gasteiger partial charge in [0.25, 0.3) is 0 Å². The molecule has 2 nitrogen and oxygen atoms in total. The Hall–Kier alpha value is -1.96. The summed E-state index contributed by atoms with van der Waals surface area (Å²) in [6.45, 7) is 7.65. The zero-order valence-electron chi connectivity index (χ0n) is 16.9. The Morgan fingerprint density at radius 3 is 2.70 bits per heavy atom. The predicted octanol–water partition coefficient (Wildman–Crippen LogP) is 7.37. The van der Waals surface area contributed by atoms with E-state index in [-0.39, 0.29) is 0 Å². The van der Waals surface area contributed by atoms with Crippen molar-refractivity contribution in [1.82, 2.24) is 5.32 Å². The lowest BCUT2D eigenvalue weighted by Crippen LogP contribution is -2.23. The van der Waals surface area contributed by atoms with Crippen molar-refractivity contribution < 1.29 is 0 Å². The van der Waals surface area contributed by atoms with Gasteiger partial charge in [0.05, 0.1) is 15.6 Å².